The predicted molar refractivity (Wildman–Crippen MR) is 128 cm³/mol. The molecule has 0 aliphatic carbocycles. The molecule has 31 heavy (non-hydrogen) atoms. The standard InChI is InChI=1S/C27H35NO3/c1-3-4-5-6-7-8-18-30-25-13-9-23(10-14-25)20-28-24-11-15-26(16-12-24)31-27-21-29-19-17-22(27)2/h9-17,20,27H,3-8,18-19,21H2,1-2H3. The van der Waals surface area contributed by atoms with E-state index in [0.29, 0.717) is 13.2 Å². The van der Waals surface area contributed by atoms with E-state index in [1.807, 2.05) is 54.7 Å². The van der Waals surface area contributed by atoms with Crippen molar-refractivity contribution in [2.24, 2.45) is 4.99 Å². The first-order valence-electron chi connectivity index (χ1n) is 11.5. The van der Waals surface area contributed by atoms with Gasteiger partial charge in [0.05, 0.1) is 25.5 Å². The van der Waals surface area contributed by atoms with Crippen molar-refractivity contribution < 1.29 is 14.2 Å². The van der Waals surface area contributed by atoms with Crippen LogP contribution in [0.15, 0.2) is 65.2 Å². The highest BCUT2D eigenvalue weighted by Gasteiger charge is 2.16. The van der Waals surface area contributed by atoms with E-state index in [-0.39, 0.29) is 6.10 Å². The van der Waals surface area contributed by atoms with Gasteiger partial charge in [-0.3, -0.25) is 4.99 Å². The molecule has 1 unspecified atom stereocenters. The highest BCUT2D eigenvalue weighted by Crippen LogP contribution is 2.22. The van der Waals surface area contributed by atoms with Crippen LogP contribution in [0.1, 0.15) is 57.9 Å². The average Bonchev–Trinajstić information content (AvgIpc) is 2.80. The van der Waals surface area contributed by atoms with Crippen LogP contribution in [-0.2, 0) is 4.74 Å². The number of aliphatic imine (C=N–C) groups is 1. The summed E-state index contributed by atoms with van der Waals surface area (Å²) < 4.78 is 17.3. The van der Waals surface area contributed by atoms with Gasteiger partial charge in [-0.05, 0) is 73.0 Å². The van der Waals surface area contributed by atoms with Crippen LogP contribution < -0.4 is 9.47 Å². The minimum absolute atomic E-state index is 0.00936. The molecule has 2 aromatic rings. The SMILES string of the molecule is CCCCCCCCOc1ccc(C=Nc2ccc(OC3COCC=C3C)cc2)cc1. The smallest absolute Gasteiger partial charge is 0.143 e. The summed E-state index contributed by atoms with van der Waals surface area (Å²) >= 11 is 0. The Morgan fingerprint density at radius 2 is 1.65 bits per heavy atom. The van der Waals surface area contributed by atoms with Crippen LogP contribution in [0.2, 0.25) is 0 Å². The summed E-state index contributed by atoms with van der Waals surface area (Å²) in [6.07, 6.45) is 11.6. The molecule has 1 aliphatic heterocycles. The number of hydrogen-bond acceptors (Lipinski definition) is 4. The molecule has 166 valence electrons. The van der Waals surface area contributed by atoms with Crippen molar-refractivity contribution in [2.45, 2.75) is 58.5 Å². The second-order valence-electron chi connectivity index (χ2n) is 8.03. The fraction of sp³-hybridized carbons (Fsp3) is 0.444. The van der Waals surface area contributed by atoms with Crippen LogP contribution in [-0.4, -0.2) is 32.1 Å². The summed E-state index contributed by atoms with van der Waals surface area (Å²) in [5.41, 5.74) is 3.16. The molecule has 0 saturated heterocycles. The molecule has 4 nitrogen and oxygen atoms in total. The largest absolute Gasteiger partial charge is 0.494 e. The molecule has 0 saturated carbocycles. The number of unbranched alkanes of at least 4 members (excludes halogenated alkanes) is 5. The summed E-state index contributed by atoms with van der Waals surface area (Å²) in [6, 6.07) is 15.9. The maximum atomic E-state index is 6.00. The molecule has 0 radical (unpaired) electrons. The van der Waals surface area contributed by atoms with Crippen LogP contribution in [0.5, 0.6) is 11.5 Å². The van der Waals surface area contributed by atoms with Gasteiger partial charge in [0.1, 0.15) is 17.6 Å². The summed E-state index contributed by atoms with van der Waals surface area (Å²) in [5.74, 6) is 1.75. The topological polar surface area (TPSA) is 40.0 Å². The Kier molecular flexibility index (Phi) is 9.65. The minimum atomic E-state index is -0.00936. The quantitative estimate of drug-likeness (QED) is 0.213. The minimum Gasteiger partial charge on any atom is -0.494 e. The van der Waals surface area contributed by atoms with Gasteiger partial charge in [-0.25, -0.2) is 0 Å². The fourth-order valence-corrected chi connectivity index (χ4v) is 3.40. The summed E-state index contributed by atoms with van der Waals surface area (Å²) in [5, 5.41) is 0. The molecule has 0 amide bonds. The molecule has 0 spiro atoms. The number of benzene rings is 2. The maximum Gasteiger partial charge on any atom is 0.143 e. The lowest BCUT2D eigenvalue weighted by Crippen LogP contribution is -2.28. The van der Waals surface area contributed by atoms with Crippen molar-refractivity contribution in [3.05, 3.63) is 65.7 Å². The highest BCUT2D eigenvalue weighted by molar-refractivity contribution is 5.82. The van der Waals surface area contributed by atoms with Crippen molar-refractivity contribution in [1.29, 1.82) is 0 Å². The van der Waals surface area contributed by atoms with E-state index in [9.17, 15) is 0 Å². The molecule has 0 N–H and O–H groups in total. The van der Waals surface area contributed by atoms with Gasteiger partial charge in [-0.1, -0.05) is 45.1 Å². The highest BCUT2D eigenvalue weighted by atomic mass is 16.5. The first kappa shape index (κ1) is 23.1. The summed E-state index contributed by atoms with van der Waals surface area (Å²) in [7, 11) is 0. The van der Waals surface area contributed by atoms with Crippen molar-refractivity contribution in [3.63, 3.8) is 0 Å². The van der Waals surface area contributed by atoms with E-state index in [1.165, 1.54) is 37.7 Å². The van der Waals surface area contributed by atoms with Gasteiger partial charge in [-0.15, -0.1) is 0 Å². The van der Waals surface area contributed by atoms with Crippen molar-refractivity contribution in [3.8, 4) is 11.5 Å². The Morgan fingerprint density at radius 3 is 2.39 bits per heavy atom. The molecule has 1 aliphatic rings. The zero-order valence-electron chi connectivity index (χ0n) is 18.9. The monoisotopic (exact) mass is 421 g/mol. The molecule has 0 bridgehead atoms. The van der Waals surface area contributed by atoms with Crippen molar-refractivity contribution >= 4 is 11.9 Å². The van der Waals surface area contributed by atoms with Crippen LogP contribution in [0.4, 0.5) is 5.69 Å². The first-order valence-corrected chi connectivity index (χ1v) is 11.5. The van der Waals surface area contributed by atoms with Crippen LogP contribution in [0.3, 0.4) is 0 Å². The van der Waals surface area contributed by atoms with E-state index in [1.54, 1.807) is 0 Å². The lowest BCUT2D eigenvalue weighted by atomic mass is 10.1. The number of ether oxygens (including phenoxy) is 3. The van der Waals surface area contributed by atoms with E-state index in [2.05, 4.69) is 24.9 Å². The Morgan fingerprint density at radius 1 is 0.935 bits per heavy atom. The summed E-state index contributed by atoms with van der Waals surface area (Å²) in [6.45, 7) is 6.38. The number of rotatable bonds is 12. The zero-order chi connectivity index (χ0) is 21.7. The fourth-order valence-electron chi connectivity index (χ4n) is 3.40. The van der Waals surface area contributed by atoms with Gasteiger partial charge in [0.15, 0.2) is 0 Å². The van der Waals surface area contributed by atoms with Gasteiger partial charge < -0.3 is 14.2 Å². The van der Waals surface area contributed by atoms with E-state index in [4.69, 9.17) is 14.2 Å². The Bertz CT molecular complexity index is 825. The predicted octanol–water partition coefficient (Wildman–Crippen LogP) is 6.90. The second kappa shape index (κ2) is 13.0. The van der Waals surface area contributed by atoms with Gasteiger partial charge in [0, 0.05) is 6.21 Å². The van der Waals surface area contributed by atoms with Gasteiger partial charge in [0.25, 0.3) is 0 Å². The summed E-state index contributed by atoms with van der Waals surface area (Å²) in [4.78, 5) is 4.56. The molecule has 1 atom stereocenters. The Hall–Kier alpha value is -2.59. The second-order valence-corrected chi connectivity index (χ2v) is 8.03. The number of hydrogen-bond donors (Lipinski definition) is 0. The Balaban J connectivity index is 1.41. The molecular weight excluding hydrogens is 386 g/mol. The van der Waals surface area contributed by atoms with Crippen LogP contribution in [0.25, 0.3) is 0 Å². The first-order chi connectivity index (χ1) is 15.2. The number of nitrogens with zero attached hydrogens (tertiary/aromatic N) is 1. The maximum absolute atomic E-state index is 6.00. The van der Waals surface area contributed by atoms with E-state index < -0.39 is 0 Å². The Labute approximate surface area is 187 Å². The van der Waals surface area contributed by atoms with Gasteiger partial charge in [-0.2, -0.15) is 0 Å². The lowest BCUT2D eigenvalue weighted by molar-refractivity contribution is 0.0681. The van der Waals surface area contributed by atoms with Crippen LogP contribution >= 0.6 is 0 Å². The third kappa shape index (κ3) is 8.22. The molecule has 4 heteroatoms. The average molecular weight is 422 g/mol. The molecular formula is C27H35NO3. The van der Waals surface area contributed by atoms with E-state index in [0.717, 1.165) is 35.8 Å². The third-order valence-corrected chi connectivity index (χ3v) is 5.42. The zero-order valence-corrected chi connectivity index (χ0v) is 18.9. The van der Waals surface area contributed by atoms with Gasteiger partial charge in [0.2, 0.25) is 0 Å². The normalized spacial score (nSPS) is 16.3. The third-order valence-electron chi connectivity index (χ3n) is 5.42. The van der Waals surface area contributed by atoms with Gasteiger partial charge >= 0.3 is 0 Å². The lowest BCUT2D eigenvalue weighted by Gasteiger charge is -2.23. The molecule has 0 fully saturated rings. The molecule has 2 aromatic carbocycles. The van der Waals surface area contributed by atoms with E-state index >= 15 is 0 Å². The van der Waals surface area contributed by atoms with Crippen molar-refractivity contribution in [2.75, 3.05) is 19.8 Å². The van der Waals surface area contributed by atoms with Crippen molar-refractivity contribution in [1.82, 2.24) is 0 Å². The molecule has 0 aromatic heterocycles. The van der Waals surface area contributed by atoms with Crippen LogP contribution in [0, 0.1) is 0 Å². The molecule has 1 heterocycles. The molecule has 3 rings (SSSR count).